The van der Waals surface area contributed by atoms with Crippen molar-refractivity contribution in [2.24, 2.45) is 0 Å². The summed E-state index contributed by atoms with van der Waals surface area (Å²) < 4.78 is 17.1. The SMILES string of the molecule is CCOc1c(Br)cc(-c2cc(C(=O)O)c3cccc(OC)c3n2)cc1OC. The van der Waals surface area contributed by atoms with Crippen LogP contribution >= 0.6 is 15.9 Å². The van der Waals surface area contributed by atoms with Crippen molar-refractivity contribution in [1.29, 1.82) is 0 Å². The number of aromatic carboxylic acids is 1. The first-order valence-electron chi connectivity index (χ1n) is 8.21. The van der Waals surface area contributed by atoms with Gasteiger partial charge in [0.1, 0.15) is 11.3 Å². The third-order valence-electron chi connectivity index (χ3n) is 4.07. The van der Waals surface area contributed by atoms with E-state index in [1.807, 2.05) is 13.0 Å². The number of carboxylic acids is 1. The van der Waals surface area contributed by atoms with E-state index in [2.05, 4.69) is 20.9 Å². The second-order valence-corrected chi connectivity index (χ2v) is 6.49. The number of carboxylic acid groups (broad SMARTS) is 1. The maximum Gasteiger partial charge on any atom is 0.336 e. The maximum absolute atomic E-state index is 11.8. The molecule has 0 saturated carbocycles. The van der Waals surface area contributed by atoms with Crippen LogP contribution < -0.4 is 14.2 Å². The average molecular weight is 432 g/mol. The van der Waals surface area contributed by atoms with Crippen LogP contribution in [-0.4, -0.2) is 36.9 Å². The Morgan fingerprint density at radius 2 is 1.89 bits per heavy atom. The molecular formula is C20H18BrNO5. The Morgan fingerprint density at radius 1 is 1.15 bits per heavy atom. The van der Waals surface area contributed by atoms with Crippen LogP contribution in [-0.2, 0) is 0 Å². The molecule has 0 spiro atoms. The Labute approximate surface area is 164 Å². The van der Waals surface area contributed by atoms with Crippen LogP contribution in [0.2, 0.25) is 0 Å². The molecule has 0 radical (unpaired) electrons. The summed E-state index contributed by atoms with van der Waals surface area (Å²) in [4.78, 5) is 16.5. The number of rotatable bonds is 6. The van der Waals surface area contributed by atoms with Gasteiger partial charge in [0, 0.05) is 10.9 Å². The van der Waals surface area contributed by atoms with Crippen molar-refractivity contribution in [3.8, 4) is 28.5 Å². The molecule has 0 aliphatic heterocycles. The summed E-state index contributed by atoms with van der Waals surface area (Å²) >= 11 is 3.49. The van der Waals surface area contributed by atoms with Crippen LogP contribution in [0.15, 0.2) is 40.9 Å². The molecule has 7 heteroatoms. The minimum absolute atomic E-state index is 0.151. The predicted octanol–water partition coefficient (Wildman–Crippen LogP) is 4.78. The zero-order chi connectivity index (χ0) is 19.6. The summed E-state index contributed by atoms with van der Waals surface area (Å²) in [5.41, 5.74) is 1.82. The van der Waals surface area contributed by atoms with E-state index in [0.717, 1.165) is 0 Å². The van der Waals surface area contributed by atoms with E-state index in [-0.39, 0.29) is 5.56 Å². The lowest BCUT2D eigenvalue weighted by molar-refractivity contribution is 0.0699. The molecule has 3 rings (SSSR count). The van der Waals surface area contributed by atoms with E-state index < -0.39 is 5.97 Å². The number of hydrogen-bond donors (Lipinski definition) is 1. The van der Waals surface area contributed by atoms with E-state index in [0.29, 0.717) is 50.5 Å². The molecule has 0 aliphatic rings. The van der Waals surface area contributed by atoms with Crippen LogP contribution in [0.5, 0.6) is 17.2 Å². The van der Waals surface area contributed by atoms with Crippen LogP contribution in [0.4, 0.5) is 0 Å². The van der Waals surface area contributed by atoms with E-state index in [1.54, 1.807) is 37.4 Å². The first kappa shape index (κ1) is 19.0. The second-order valence-electron chi connectivity index (χ2n) is 5.64. The monoisotopic (exact) mass is 431 g/mol. The molecule has 0 bridgehead atoms. The zero-order valence-corrected chi connectivity index (χ0v) is 16.7. The van der Waals surface area contributed by atoms with Gasteiger partial charge in [-0.15, -0.1) is 0 Å². The fraction of sp³-hybridized carbons (Fsp3) is 0.200. The Morgan fingerprint density at radius 3 is 2.52 bits per heavy atom. The molecule has 6 nitrogen and oxygen atoms in total. The molecule has 0 unspecified atom stereocenters. The maximum atomic E-state index is 11.8. The van der Waals surface area contributed by atoms with Gasteiger partial charge in [0.05, 0.1) is 36.6 Å². The highest BCUT2D eigenvalue weighted by atomic mass is 79.9. The molecule has 2 aromatic carbocycles. The number of ether oxygens (including phenoxy) is 3. The highest BCUT2D eigenvalue weighted by molar-refractivity contribution is 9.10. The van der Waals surface area contributed by atoms with Gasteiger partial charge in [-0.25, -0.2) is 9.78 Å². The minimum atomic E-state index is -1.03. The smallest absolute Gasteiger partial charge is 0.336 e. The first-order valence-corrected chi connectivity index (χ1v) is 9.01. The van der Waals surface area contributed by atoms with Gasteiger partial charge in [0.2, 0.25) is 0 Å². The van der Waals surface area contributed by atoms with Crippen LogP contribution in [0.25, 0.3) is 22.2 Å². The number of para-hydroxylation sites is 1. The Bertz CT molecular complexity index is 1020. The van der Waals surface area contributed by atoms with Gasteiger partial charge < -0.3 is 19.3 Å². The Hall–Kier alpha value is -2.80. The van der Waals surface area contributed by atoms with Crippen molar-refractivity contribution in [3.63, 3.8) is 0 Å². The third kappa shape index (κ3) is 3.55. The Kier molecular flexibility index (Phi) is 5.51. The predicted molar refractivity (Wildman–Crippen MR) is 106 cm³/mol. The standard InChI is InChI=1S/C20H18BrNO5/c1-4-27-19-14(21)8-11(9-17(19)26-3)15-10-13(20(23)24)12-6-5-7-16(25-2)18(12)22-15/h5-10H,4H2,1-3H3,(H,23,24). The summed E-state index contributed by atoms with van der Waals surface area (Å²) in [6.45, 7) is 2.37. The van der Waals surface area contributed by atoms with Gasteiger partial charge in [-0.2, -0.15) is 0 Å². The second kappa shape index (κ2) is 7.84. The molecule has 0 fully saturated rings. The van der Waals surface area contributed by atoms with Crippen molar-refractivity contribution in [1.82, 2.24) is 4.98 Å². The van der Waals surface area contributed by atoms with Gasteiger partial charge in [-0.3, -0.25) is 0 Å². The number of halogens is 1. The molecule has 0 amide bonds. The molecule has 1 heterocycles. The highest BCUT2D eigenvalue weighted by Crippen LogP contribution is 2.40. The van der Waals surface area contributed by atoms with E-state index in [9.17, 15) is 9.90 Å². The van der Waals surface area contributed by atoms with Gasteiger partial charge >= 0.3 is 5.97 Å². The number of fused-ring (bicyclic) bond motifs is 1. The molecule has 3 aromatic rings. The summed E-state index contributed by atoms with van der Waals surface area (Å²) in [5.74, 6) is 0.586. The summed E-state index contributed by atoms with van der Waals surface area (Å²) in [6, 6.07) is 10.3. The summed E-state index contributed by atoms with van der Waals surface area (Å²) in [5, 5.41) is 10.2. The lowest BCUT2D eigenvalue weighted by Gasteiger charge is -2.14. The normalized spacial score (nSPS) is 10.7. The molecule has 27 heavy (non-hydrogen) atoms. The number of methoxy groups -OCH3 is 2. The van der Waals surface area contributed by atoms with Crippen molar-refractivity contribution in [3.05, 3.63) is 46.4 Å². The topological polar surface area (TPSA) is 77.9 Å². The molecule has 140 valence electrons. The number of hydrogen-bond acceptors (Lipinski definition) is 5. The van der Waals surface area contributed by atoms with Gasteiger partial charge in [-0.05, 0) is 47.1 Å². The molecule has 1 N–H and O–H groups in total. The van der Waals surface area contributed by atoms with Gasteiger partial charge in [-0.1, -0.05) is 12.1 Å². The van der Waals surface area contributed by atoms with Gasteiger partial charge in [0.15, 0.2) is 11.5 Å². The molecule has 0 aliphatic carbocycles. The van der Waals surface area contributed by atoms with E-state index in [1.165, 1.54) is 7.11 Å². The highest BCUT2D eigenvalue weighted by Gasteiger charge is 2.18. The van der Waals surface area contributed by atoms with E-state index >= 15 is 0 Å². The third-order valence-corrected chi connectivity index (χ3v) is 4.66. The number of carbonyl (C=O) groups is 1. The van der Waals surface area contributed by atoms with Crippen molar-refractivity contribution >= 4 is 32.8 Å². The lowest BCUT2D eigenvalue weighted by atomic mass is 10.0. The molecule has 1 aromatic heterocycles. The number of aromatic nitrogens is 1. The average Bonchev–Trinajstić information content (AvgIpc) is 2.67. The molecular weight excluding hydrogens is 414 g/mol. The quantitative estimate of drug-likeness (QED) is 0.604. The van der Waals surface area contributed by atoms with Crippen LogP contribution in [0.3, 0.4) is 0 Å². The summed E-state index contributed by atoms with van der Waals surface area (Å²) in [6.07, 6.45) is 0. The van der Waals surface area contributed by atoms with Crippen molar-refractivity contribution in [2.45, 2.75) is 6.92 Å². The molecule has 0 atom stereocenters. The van der Waals surface area contributed by atoms with E-state index in [4.69, 9.17) is 14.2 Å². The number of nitrogens with zero attached hydrogens (tertiary/aromatic N) is 1. The largest absolute Gasteiger partial charge is 0.494 e. The number of benzene rings is 2. The van der Waals surface area contributed by atoms with Crippen LogP contribution in [0.1, 0.15) is 17.3 Å². The fourth-order valence-electron chi connectivity index (χ4n) is 2.86. The zero-order valence-electron chi connectivity index (χ0n) is 15.1. The van der Waals surface area contributed by atoms with Crippen molar-refractivity contribution in [2.75, 3.05) is 20.8 Å². The Balaban J connectivity index is 2.28. The summed E-state index contributed by atoms with van der Waals surface area (Å²) in [7, 11) is 3.08. The van der Waals surface area contributed by atoms with Gasteiger partial charge in [0.25, 0.3) is 0 Å². The minimum Gasteiger partial charge on any atom is -0.494 e. The van der Waals surface area contributed by atoms with Crippen LogP contribution in [0, 0.1) is 0 Å². The van der Waals surface area contributed by atoms with Crippen molar-refractivity contribution < 1.29 is 24.1 Å². The molecule has 0 saturated heterocycles. The first-order chi connectivity index (χ1) is 13.0. The number of pyridine rings is 1. The fourth-order valence-corrected chi connectivity index (χ4v) is 3.42. The lowest BCUT2D eigenvalue weighted by Crippen LogP contribution is -2.02.